The fourth-order valence-corrected chi connectivity index (χ4v) is 5.09. The normalized spacial score (nSPS) is 22.1. The van der Waals surface area contributed by atoms with Gasteiger partial charge in [0.15, 0.2) is 0 Å². The molecule has 6 heteroatoms. The van der Waals surface area contributed by atoms with Gasteiger partial charge in [-0.1, -0.05) is 39.8 Å². The molecule has 1 heterocycles. The van der Waals surface area contributed by atoms with Gasteiger partial charge in [-0.3, -0.25) is 0 Å². The maximum absolute atomic E-state index is 12.9. The van der Waals surface area contributed by atoms with Crippen molar-refractivity contribution in [3.8, 4) is 0 Å². The number of halogens is 1. The average molecular weight is 375 g/mol. The smallest absolute Gasteiger partial charge is 0.241 e. The van der Waals surface area contributed by atoms with Crippen molar-refractivity contribution in [2.45, 2.75) is 64.3 Å². The molecule has 0 aliphatic carbocycles. The second-order valence-corrected chi connectivity index (χ2v) is 9.54. The second kappa shape index (κ2) is 7.73. The van der Waals surface area contributed by atoms with Gasteiger partial charge in [-0.2, -0.15) is 0 Å². The van der Waals surface area contributed by atoms with Gasteiger partial charge < -0.3 is 5.32 Å². The van der Waals surface area contributed by atoms with E-state index in [1.54, 1.807) is 0 Å². The Hall–Kier alpha value is -0.620. The van der Waals surface area contributed by atoms with E-state index in [-0.39, 0.29) is 23.9 Å². The van der Waals surface area contributed by atoms with E-state index in [9.17, 15) is 8.42 Å². The Morgan fingerprint density at radius 1 is 1.17 bits per heavy atom. The molecule has 0 aromatic heterocycles. The van der Waals surface area contributed by atoms with Gasteiger partial charge in [0.05, 0.1) is 4.90 Å². The molecular weight excluding hydrogens is 344 g/mol. The zero-order chi connectivity index (χ0) is 17.4. The summed E-state index contributed by atoms with van der Waals surface area (Å²) < 4.78 is 28.8. The van der Waals surface area contributed by atoms with E-state index in [1.165, 1.54) is 5.56 Å². The molecule has 1 fully saturated rings. The fraction of sp³-hybridized carbons (Fsp3) is 0.667. The summed E-state index contributed by atoms with van der Waals surface area (Å²) in [6.07, 6.45) is 0.832. The quantitative estimate of drug-likeness (QED) is 0.853. The first-order valence-corrected chi connectivity index (χ1v) is 9.85. The van der Waals surface area contributed by atoms with Crippen LogP contribution in [0.4, 0.5) is 0 Å². The van der Waals surface area contributed by atoms with Crippen molar-refractivity contribution in [2.75, 3.05) is 13.1 Å². The van der Waals surface area contributed by atoms with Crippen molar-refractivity contribution >= 4 is 22.4 Å². The van der Waals surface area contributed by atoms with Crippen molar-refractivity contribution < 1.29 is 8.42 Å². The van der Waals surface area contributed by atoms with Gasteiger partial charge >= 0.3 is 0 Å². The van der Waals surface area contributed by atoms with Crippen LogP contribution in [0.5, 0.6) is 0 Å². The minimum absolute atomic E-state index is 0. The highest BCUT2D eigenvalue weighted by Crippen LogP contribution is 2.29. The summed E-state index contributed by atoms with van der Waals surface area (Å²) in [6.45, 7) is 14.0. The zero-order valence-corrected chi connectivity index (χ0v) is 17.2. The lowest BCUT2D eigenvalue weighted by molar-refractivity contribution is 0.328. The molecule has 2 rings (SSSR count). The Balaban J connectivity index is 0.00000288. The molecule has 1 aliphatic heterocycles. The van der Waals surface area contributed by atoms with Crippen molar-refractivity contribution in [1.29, 1.82) is 0 Å². The van der Waals surface area contributed by atoms with Crippen LogP contribution in [-0.2, 0) is 15.4 Å². The van der Waals surface area contributed by atoms with Gasteiger partial charge in [0.1, 0.15) is 0 Å². The number of aryl methyl sites for hydroxylation is 2. The predicted molar refractivity (Wildman–Crippen MR) is 103 cm³/mol. The third-order valence-electron chi connectivity index (χ3n) is 4.69. The van der Waals surface area contributed by atoms with Gasteiger partial charge in [0.25, 0.3) is 0 Å². The molecule has 1 aromatic rings. The molecule has 4 nitrogen and oxygen atoms in total. The van der Waals surface area contributed by atoms with Crippen LogP contribution >= 0.6 is 12.4 Å². The molecule has 0 spiro atoms. The van der Waals surface area contributed by atoms with Gasteiger partial charge in [-0.25, -0.2) is 13.1 Å². The standard InChI is InChI=1S/C18H30N2O2S.ClH/c1-12-9-15(18(4,5)6)10-13(2)17(12)23(21,22)20-16-7-8-19-11-14(16)3;/h9-10,14,16,19-20H,7-8,11H2,1-6H3;1H. The number of sulfonamides is 1. The monoisotopic (exact) mass is 374 g/mol. The highest BCUT2D eigenvalue weighted by atomic mass is 35.5. The molecule has 0 bridgehead atoms. The number of piperidine rings is 1. The summed E-state index contributed by atoms with van der Waals surface area (Å²) in [6, 6.07) is 4.02. The van der Waals surface area contributed by atoms with Crippen LogP contribution in [0.15, 0.2) is 17.0 Å². The minimum Gasteiger partial charge on any atom is -0.316 e. The van der Waals surface area contributed by atoms with Gasteiger partial charge in [0.2, 0.25) is 10.0 Å². The van der Waals surface area contributed by atoms with E-state index < -0.39 is 10.0 Å². The Kier molecular flexibility index (Phi) is 6.90. The molecular formula is C18H31ClN2O2S. The first kappa shape index (κ1) is 21.4. The van der Waals surface area contributed by atoms with E-state index in [1.807, 2.05) is 26.0 Å². The average Bonchev–Trinajstić information content (AvgIpc) is 2.39. The third-order valence-corrected chi connectivity index (χ3v) is 6.48. The van der Waals surface area contributed by atoms with Crippen molar-refractivity contribution in [3.05, 3.63) is 28.8 Å². The van der Waals surface area contributed by atoms with E-state index >= 15 is 0 Å². The summed E-state index contributed by atoms with van der Waals surface area (Å²) in [5, 5.41) is 3.30. The van der Waals surface area contributed by atoms with E-state index in [0.29, 0.717) is 10.8 Å². The van der Waals surface area contributed by atoms with Crippen LogP contribution in [0, 0.1) is 19.8 Å². The molecule has 2 unspecified atom stereocenters. The lowest BCUT2D eigenvalue weighted by Gasteiger charge is -2.30. The van der Waals surface area contributed by atoms with Crippen LogP contribution in [0.25, 0.3) is 0 Å². The maximum atomic E-state index is 12.9. The summed E-state index contributed by atoms with van der Waals surface area (Å²) in [5.41, 5.74) is 2.82. The maximum Gasteiger partial charge on any atom is 0.241 e. The topological polar surface area (TPSA) is 58.2 Å². The lowest BCUT2D eigenvalue weighted by Crippen LogP contribution is -2.48. The summed E-state index contributed by atoms with van der Waals surface area (Å²) in [7, 11) is -3.49. The minimum atomic E-state index is -3.49. The molecule has 0 amide bonds. The van der Waals surface area contributed by atoms with Crippen LogP contribution in [0.2, 0.25) is 0 Å². The zero-order valence-electron chi connectivity index (χ0n) is 15.6. The molecule has 2 atom stereocenters. The highest BCUT2D eigenvalue weighted by molar-refractivity contribution is 7.89. The third kappa shape index (κ3) is 4.72. The van der Waals surface area contributed by atoms with Gasteiger partial charge in [-0.05, 0) is 61.4 Å². The number of nitrogens with one attached hydrogen (secondary N) is 2. The summed E-state index contributed by atoms with van der Waals surface area (Å²) in [4.78, 5) is 0.441. The van der Waals surface area contributed by atoms with Crippen molar-refractivity contribution in [2.24, 2.45) is 5.92 Å². The predicted octanol–water partition coefficient (Wildman–Crippen LogP) is 3.30. The molecule has 0 radical (unpaired) electrons. The van der Waals surface area contributed by atoms with Crippen LogP contribution in [0.3, 0.4) is 0 Å². The second-order valence-electron chi connectivity index (χ2n) is 7.89. The SMILES string of the molecule is Cc1cc(C(C)(C)C)cc(C)c1S(=O)(=O)NC1CCNCC1C.Cl. The van der Waals surface area contributed by atoms with Gasteiger partial charge in [0, 0.05) is 6.04 Å². The largest absolute Gasteiger partial charge is 0.316 e. The Bertz CT molecular complexity index is 658. The van der Waals surface area contributed by atoms with E-state index in [4.69, 9.17) is 0 Å². The van der Waals surface area contributed by atoms with Gasteiger partial charge in [-0.15, -0.1) is 12.4 Å². The van der Waals surface area contributed by atoms with Crippen molar-refractivity contribution in [3.63, 3.8) is 0 Å². The number of rotatable bonds is 3. The molecule has 2 N–H and O–H groups in total. The Morgan fingerprint density at radius 3 is 2.17 bits per heavy atom. The number of benzene rings is 1. The summed E-state index contributed by atoms with van der Waals surface area (Å²) in [5.74, 6) is 0.299. The number of hydrogen-bond acceptors (Lipinski definition) is 3. The van der Waals surface area contributed by atoms with Crippen molar-refractivity contribution in [1.82, 2.24) is 10.0 Å². The van der Waals surface area contributed by atoms with Crippen LogP contribution in [0.1, 0.15) is 50.8 Å². The molecule has 1 saturated heterocycles. The first-order valence-electron chi connectivity index (χ1n) is 8.37. The highest BCUT2D eigenvalue weighted by Gasteiger charge is 2.29. The van der Waals surface area contributed by atoms with E-state index in [2.05, 4.69) is 37.7 Å². The lowest BCUT2D eigenvalue weighted by atomic mass is 9.85. The summed E-state index contributed by atoms with van der Waals surface area (Å²) >= 11 is 0. The Labute approximate surface area is 153 Å². The molecule has 1 aromatic carbocycles. The molecule has 0 saturated carbocycles. The van der Waals surface area contributed by atoms with Crippen LogP contribution < -0.4 is 10.0 Å². The first-order chi connectivity index (χ1) is 10.5. The molecule has 24 heavy (non-hydrogen) atoms. The van der Waals surface area contributed by atoms with E-state index in [0.717, 1.165) is 30.6 Å². The fourth-order valence-electron chi connectivity index (χ4n) is 3.25. The van der Waals surface area contributed by atoms with Crippen LogP contribution in [-0.4, -0.2) is 27.5 Å². The number of hydrogen-bond donors (Lipinski definition) is 2. The Morgan fingerprint density at radius 2 is 1.71 bits per heavy atom. The molecule has 138 valence electrons. The molecule has 1 aliphatic rings.